The molecule has 2 rings (SSSR count). The molecule has 0 spiro atoms. The number of carbonyl (C=O) groups is 2. The number of rotatable bonds is 6. The molecule has 0 saturated carbocycles. The predicted molar refractivity (Wildman–Crippen MR) is 101 cm³/mol. The largest absolute Gasteiger partial charge is 0.450 e. The SMILES string of the molecule is CN(C(=O)Cc1csc(SC(C)(C)C(=O)OP)n1)c1ccccc1. The number of hydrogen-bond donors (Lipinski definition) is 0. The summed E-state index contributed by atoms with van der Waals surface area (Å²) in [5.74, 6) is -0.374. The molecular weight excluding hydrogens is 363 g/mol. The number of likely N-dealkylation sites (N-methyl/N-ethyl adjacent to an activating group) is 1. The molecule has 0 bridgehead atoms. The molecular formula is C16H19N2O3PS2. The maximum atomic E-state index is 12.4. The van der Waals surface area contributed by atoms with Gasteiger partial charge in [0.2, 0.25) is 5.91 Å². The van der Waals surface area contributed by atoms with Gasteiger partial charge in [0.05, 0.1) is 21.6 Å². The van der Waals surface area contributed by atoms with Gasteiger partial charge in [0, 0.05) is 18.1 Å². The standard InChI is InChI=1S/C16H19N2O3PS2/c1-16(2,14(20)21-22)24-15-17-11(10-23-15)9-13(19)18(3)12-7-5-4-6-8-12/h4-8,10H,9,22H2,1-3H3. The van der Waals surface area contributed by atoms with Gasteiger partial charge in [-0.25, -0.2) is 4.98 Å². The van der Waals surface area contributed by atoms with E-state index in [0.29, 0.717) is 5.69 Å². The molecule has 1 aromatic heterocycles. The number of thiazole rings is 1. The van der Waals surface area contributed by atoms with Gasteiger partial charge in [-0.3, -0.25) is 9.59 Å². The summed E-state index contributed by atoms with van der Waals surface area (Å²) in [6, 6.07) is 9.47. The zero-order chi connectivity index (χ0) is 17.7. The Morgan fingerprint density at radius 3 is 2.62 bits per heavy atom. The zero-order valence-corrected chi connectivity index (χ0v) is 16.5. The lowest BCUT2D eigenvalue weighted by atomic mass is 10.2. The van der Waals surface area contributed by atoms with E-state index in [4.69, 9.17) is 4.52 Å². The zero-order valence-electron chi connectivity index (χ0n) is 13.7. The molecule has 0 fully saturated rings. The highest BCUT2D eigenvalue weighted by molar-refractivity contribution is 8.03. The van der Waals surface area contributed by atoms with Gasteiger partial charge < -0.3 is 9.42 Å². The van der Waals surface area contributed by atoms with Gasteiger partial charge in [-0.1, -0.05) is 30.0 Å². The Morgan fingerprint density at radius 2 is 2.00 bits per heavy atom. The van der Waals surface area contributed by atoms with E-state index in [1.165, 1.54) is 23.1 Å². The lowest BCUT2D eigenvalue weighted by Crippen LogP contribution is -2.28. The predicted octanol–water partition coefficient (Wildman–Crippen LogP) is 3.55. The molecule has 1 atom stereocenters. The van der Waals surface area contributed by atoms with Gasteiger partial charge in [-0.15, -0.1) is 11.3 Å². The van der Waals surface area contributed by atoms with Crippen LogP contribution < -0.4 is 4.90 Å². The highest BCUT2D eigenvalue weighted by atomic mass is 32.2. The minimum Gasteiger partial charge on any atom is -0.450 e. The summed E-state index contributed by atoms with van der Waals surface area (Å²) >= 11 is 2.75. The maximum Gasteiger partial charge on any atom is 0.324 e. The fourth-order valence-electron chi connectivity index (χ4n) is 1.89. The van der Waals surface area contributed by atoms with Crippen LogP contribution in [0, 0.1) is 0 Å². The maximum absolute atomic E-state index is 12.4. The second kappa shape index (κ2) is 8.10. The Morgan fingerprint density at radius 1 is 1.33 bits per heavy atom. The van der Waals surface area contributed by atoms with Gasteiger partial charge in [-0.05, 0) is 26.0 Å². The normalized spacial score (nSPS) is 11.2. The summed E-state index contributed by atoms with van der Waals surface area (Å²) < 4.78 is 4.71. The van der Waals surface area contributed by atoms with E-state index >= 15 is 0 Å². The third kappa shape index (κ3) is 4.79. The second-order valence-electron chi connectivity index (χ2n) is 5.59. The number of anilines is 1. The lowest BCUT2D eigenvalue weighted by Gasteiger charge is -2.18. The Bertz CT molecular complexity index is 719. The van der Waals surface area contributed by atoms with Crippen LogP contribution in [0.4, 0.5) is 5.69 Å². The number of thioether (sulfide) groups is 1. The summed E-state index contributed by atoms with van der Waals surface area (Å²) in [6.07, 6.45) is 0.219. The van der Waals surface area contributed by atoms with Crippen molar-refractivity contribution in [2.75, 3.05) is 11.9 Å². The third-order valence-electron chi connectivity index (χ3n) is 3.32. The number of benzene rings is 1. The smallest absolute Gasteiger partial charge is 0.324 e. The molecule has 0 radical (unpaired) electrons. The third-order valence-corrected chi connectivity index (χ3v) is 5.70. The molecule has 2 aromatic rings. The average Bonchev–Trinajstić information content (AvgIpc) is 3.00. The molecule has 0 aliphatic rings. The van der Waals surface area contributed by atoms with Crippen molar-refractivity contribution in [3.05, 3.63) is 41.4 Å². The molecule has 5 nitrogen and oxygen atoms in total. The second-order valence-corrected chi connectivity index (χ2v) is 8.55. The number of amides is 1. The van der Waals surface area contributed by atoms with E-state index in [1.807, 2.05) is 45.2 Å². The molecule has 1 unspecified atom stereocenters. The van der Waals surface area contributed by atoms with Crippen molar-refractivity contribution in [3.63, 3.8) is 0 Å². The Labute approximate surface area is 152 Å². The summed E-state index contributed by atoms with van der Waals surface area (Å²) in [7, 11) is 3.71. The number of hydrogen-bond acceptors (Lipinski definition) is 6. The van der Waals surface area contributed by atoms with Crippen LogP contribution in [0.3, 0.4) is 0 Å². The van der Waals surface area contributed by atoms with E-state index in [1.54, 1.807) is 25.8 Å². The van der Waals surface area contributed by atoms with Gasteiger partial charge >= 0.3 is 5.97 Å². The molecule has 8 heteroatoms. The molecule has 128 valence electrons. The first-order valence-corrected chi connectivity index (χ1v) is 9.36. The first-order chi connectivity index (χ1) is 11.3. The summed E-state index contributed by atoms with van der Waals surface area (Å²) in [5.41, 5.74) is 1.54. The van der Waals surface area contributed by atoms with E-state index in [2.05, 4.69) is 4.98 Å². The van der Waals surface area contributed by atoms with Crippen LogP contribution in [-0.4, -0.2) is 28.7 Å². The monoisotopic (exact) mass is 382 g/mol. The van der Waals surface area contributed by atoms with Gasteiger partial charge in [0.25, 0.3) is 0 Å². The van der Waals surface area contributed by atoms with Crippen LogP contribution in [-0.2, 0) is 20.5 Å². The molecule has 0 N–H and O–H groups in total. The molecule has 0 aliphatic carbocycles. The van der Waals surface area contributed by atoms with Crippen LogP contribution in [0.25, 0.3) is 0 Å². The number of aromatic nitrogens is 1. The first-order valence-electron chi connectivity index (χ1n) is 7.19. The van der Waals surface area contributed by atoms with Crippen LogP contribution in [0.1, 0.15) is 19.5 Å². The van der Waals surface area contributed by atoms with Crippen molar-refractivity contribution in [3.8, 4) is 0 Å². The fraction of sp³-hybridized carbons (Fsp3) is 0.312. The Hall–Kier alpha value is -1.43. The van der Waals surface area contributed by atoms with Crippen LogP contribution >= 0.6 is 32.6 Å². The van der Waals surface area contributed by atoms with Crippen molar-refractivity contribution in [2.45, 2.75) is 29.4 Å². The first kappa shape index (κ1) is 18.9. The number of nitrogens with zero attached hydrogens (tertiary/aromatic N) is 2. The topological polar surface area (TPSA) is 59.5 Å². The molecule has 0 saturated heterocycles. The molecule has 1 aromatic carbocycles. The van der Waals surface area contributed by atoms with E-state index < -0.39 is 4.75 Å². The lowest BCUT2D eigenvalue weighted by molar-refractivity contribution is -0.135. The number of carbonyl (C=O) groups excluding carboxylic acids is 2. The fourth-order valence-corrected chi connectivity index (χ4v) is 4.50. The van der Waals surface area contributed by atoms with Gasteiger partial charge in [-0.2, -0.15) is 0 Å². The van der Waals surface area contributed by atoms with Crippen molar-refractivity contribution < 1.29 is 14.1 Å². The number of para-hydroxylation sites is 1. The van der Waals surface area contributed by atoms with Gasteiger partial charge in [0.1, 0.15) is 4.75 Å². The highest BCUT2D eigenvalue weighted by Gasteiger charge is 2.31. The van der Waals surface area contributed by atoms with Gasteiger partial charge in [0.15, 0.2) is 4.34 Å². The van der Waals surface area contributed by atoms with Crippen molar-refractivity contribution in [2.24, 2.45) is 0 Å². The van der Waals surface area contributed by atoms with Crippen molar-refractivity contribution in [1.82, 2.24) is 4.98 Å². The minimum absolute atomic E-state index is 0.0355. The van der Waals surface area contributed by atoms with E-state index in [9.17, 15) is 9.59 Å². The van der Waals surface area contributed by atoms with Crippen LogP contribution in [0.5, 0.6) is 0 Å². The molecule has 0 aliphatic heterocycles. The molecule has 1 amide bonds. The van der Waals surface area contributed by atoms with Crippen molar-refractivity contribution in [1.29, 1.82) is 0 Å². The van der Waals surface area contributed by atoms with Crippen LogP contribution in [0.2, 0.25) is 0 Å². The molecule has 24 heavy (non-hydrogen) atoms. The van der Waals surface area contributed by atoms with E-state index in [-0.39, 0.29) is 18.3 Å². The summed E-state index contributed by atoms with van der Waals surface area (Å²) in [5, 5.41) is 1.85. The summed E-state index contributed by atoms with van der Waals surface area (Å²) in [6.45, 7) is 3.55. The van der Waals surface area contributed by atoms with Crippen molar-refractivity contribution >= 4 is 50.1 Å². The Kier molecular flexibility index (Phi) is 6.38. The minimum atomic E-state index is -0.734. The highest BCUT2D eigenvalue weighted by Crippen LogP contribution is 2.36. The molecule has 1 heterocycles. The summed E-state index contributed by atoms with van der Waals surface area (Å²) in [4.78, 5) is 30.2. The average molecular weight is 382 g/mol. The quantitative estimate of drug-likeness (QED) is 0.565. The van der Waals surface area contributed by atoms with Crippen LogP contribution in [0.15, 0.2) is 40.1 Å². The van der Waals surface area contributed by atoms with E-state index in [0.717, 1.165) is 10.0 Å². The Balaban J connectivity index is 2.01.